The summed E-state index contributed by atoms with van der Waals surface area (Å²) in [4.78, 5) is 25.6. The lowest BCUT2D eigenvalue weighted by Crippen LogP contribution is -2.52. The van der Waals surface area contributed by atoms with E-state index in [4.69, 9.17) is 10.5 Å². The van der Waals surface area contributed by atoms with Gasteiger partial charge in [-0.1, -0.05) is 0 Å². The van der Waals surface area contributed by atoms with E-state index in [9.17, 15) is 9.59 Å². The molecule has 1 aliphatic heterocycles. The number of carbonyl (C=O) groups excluding carboxylic acids is 2. The number of likely N-dealkylation sites (N-methyl/N-ethyl adjacent to an activating group) is 1. The molecule has 20 heavy (non-hydrogen) atoms. The lowest BCUT2D eigenvalue weighted by atomic mass is 10.0. The highest BCUT2D eigenvalue weighted by Crippen LogP contribution is 2.40. The summed E-state index contributed by atoms with van der Waals surface area (Å²) >= 11 is 0. The van der Waals surface area contributed by atoms with Crippen molar-refractivity contribution in [1.82, 2.24) is 0 Å². The highest BCUT2D eigenvalue weighted by atomic mass is 16.5. The summed E-state index contributed by atoms with van der Waals surface area (Å²) in [7, 11) is 1.28. The van der Waals surface area contributed by atoms with Crippen molar-refractivity contribution in [2.75, 3.05) is 24.3 Å². The molecule has 1 amide bonds. The number of fused-ring (bicyclic) bond motifs is 1. The number of hydrogen-bond acceptors (Lipinski definition) is 5. The molecule has 0 atom stereocenters. The van der Waals surface area contributed by atoms with Crippen LogP contribution >= 0.6 is 0 Å². The van der Waals surface area contributed by atoms with Crippen molar-refractivity contribution in [1.29, 1.82) is 0 Å². The van der Waals surface area contributed by atoms with Crippen LogP contribution in [0.1, 0.15) is 31.1 Å². The van der Waals surface area contributed by atoms with Crippen LogP contribution in [-0.2, 0) is 9.53 Å². The van der Waals surface area contributed by atoms with Crippen molar-refractivity contribution in [3.05, 3.63) is 17.7 Å². The molecule has 2 N–H and O–H groups in total. The zero-order valence-electron chi connectivity index (χ0n) is 12.0. The molecule has 0 aliphatic carbocycles. The smallest absolute Gasteiger partial charge is 0.340 e. The van der Waals surface area contributed by atoms with Crippen molar-refractivity contribution in [2.24, 2.45) is 0 Å². The summed E-state index contributed by atoms with van der Waals surface area (Å²) < 4.78 is 10.4. The minimum atomic E-state index is -0.956. The van der Waals surface area contributed by atoms with Gasteiger partial charge < -0.3 is 20.1 Å². The van der Waals surface area contributed by atoms with Crippen LogP contribution in [0.3, 0.4) is 0 Å². The number of anilines is 2. The van der Waals surface area contributed by atoms with Crippen molar-refractivity contribution in [3.8, 4) is 5.75 Å². The molecule has 0 aromatic heterocycles. The van der Waals surface area contributed by atoms with E-state index >= 15 is 0 Å². The molecule has 1 aromatic rings. The van der Waals surface area contributed by atoms with Gasteiger partial charge in [0.25, 0.3) is 5.91 Å². The Morgan fingerprint density at radius 2 is 2.10 bits per heavy atom. The van der Waals surface area contributed by atoms with Crippen molar-refractivity contribution in [3.63, 3.8) is 0 Å². The standard InChI is InChI=1S/C14H18N2O4/c1-5-16-10-6-8(12(17)19-4)9(15)7-11(10)20-14(2,3)13(16)18/h6-7H,5,15H2,1-4H3. The Labute approximate surface area is 117 Å². The van der Waals surface area contributed by atoms with E-state index in [0.717, 1.165) is 0 Å². The van der Waals surface area contributed by atoms with E-state index in [1.54, 1.807) is 24.8 Å². The van der Waals surface area contributed by atoms with Gasteiger partial charge in [-0.3, -0.25) is 4.79 Å². The zero-order valence-corrected chi connectivity index (χ0v) is 12.0. The molecule has 1 heterocycles. The fourth-order valence-corrected chi connectivity index (χ4v) is 2.23. The van der Waals surface area contributed by atoms with E-state index in [-0.39, 0.29) is 17.2 Å². The fraction of sp³-hybridized carbons (Fsp3) is 0.429. The van der Waals surface area contributed by atoms with Crippen molar-refractivity contribution < 1.29 is 19.1 Å². The molecule has 0 fully saturated rings. The van der Waals surface area contributed by atoms with Crippen LogP contribution in [0.4, 0.5) is 11.4 Å². The van der Waals surface area contributed by atoms with Gasteiger partial charge in [0.15, 0.2) is 5.60 Å². The molecule has 2 rings (SSSR count). The maximum Gasteiger partial charge on any atom is 0.340 e. The number of rotatable bonds is 2. The molecule has 6 nitrogen and oxygen atoms in total. The van der Waals surface area contributed by atoms with Crippen LogP contribution in [0.2, 0.25) is 0 Å². The first-order valence-electron chi connectivity index (χ1n) is 6.34. The molecule has 0 unspecified atom stereocenters. The number of nitrogens with zero attached hydrogens (tertiary/aromatic N) is 1. The molecule has 0 bridgehead atoms. The first kappa shape index (κ1) is 14.2. The Hall–Kier alpha value is -2.24. The molecule has 0 saturated heterocycles. The van der Waals surface area contributed by atoms with E-state index in [0.29, 0.717) is 18.0 Å². The number of ether oxygens (including phenoxy) is 2. The second kappa shape index (κ2) is 4.70. The first-order chi connectivity index (χ1) is 9.31. The van der Waals surface area contributed by atoms with Crippen molar-refractivity contribution >= 4 is 23.3 Å². The van der Waals surface area contributed by atoms with Gasteiger partial charge in [0.2, 0.25) is 0 Å². The molecule has 0 saturated carbocycles. The van der Waals surface area contributed by atoms with Crippen LogP contribution < -0.4 is 15.4 Å². The Balaban J connectivity index is 2.61. The maximum absolute atomic E-state index is 12.3. The molecule has 6 heteroatoms. The average molecular weight is 278 g/mol. The van der Waals surface area contributed by atoms with Gasteiger partial charge in [0.1, 0.15) is 5.75 Å². The summed E-state index contributed by atoms with van der Waals surface area (Å²) in [5.41, 5.74) is 5.91. The van der Waals surface area contributed by atoms with Gasteiger partial charge in [-0.25, -0.2) is 4.79 Å². The number of amides is 1. The van der Waals surface area contributed by atoms with Gasteiger partial charge in [0, 0.05) is 18.3 Å². The van der Waals surface area contributed by atoms with Crippen LogP contribution in [0, 0.1) is 0 Å². The molecular formula is C14H18N2O4. The van der Waals surface area contributed by atoms with E-state index in [2.05, 4.69) is 4.74 Å². The molecule has 108 valence electrons. The van der Waals surface area contributed by atoms with Crippen LogP contribution in [0.5, 0.6) is 5.75 Å². The lowest BCUT2D eigenvalue weighted by molar-refractivity contribution is -0.132. The maximum atomic E-state index is 12.3. The number of esters is 1. The summed E-state index contributed by atoms with van der Waals surface area (Å²) in [5.74, 6) is -0.215. The van der Waals surface area contributed by atoms with Gasteiger partial charge in [-0.15, -0.1) is 0 Å². The summed E-state index contributed by atoms with van der Waals surface area (Å²) in [6, 6.07) is 3.09. The topological polar surface area (TPSA) is 81.9 Å². The van der Waals surface area contributed by atoms with Gasteiger partial charge in [-0.05, 0) is 26.8 Å². The number of nitrogen functional groups attached to an aromatic ring is 1. The fourth-order valence-electron chi connectivity index (χ4n) is 2.23. The van der Waals surface area contributed by atoms with Crippen LogP contribution in [0.25, 0.3) is 0 Å². The molecule has 1 aliphatic rings. The summed E-state index contributed by atoms with van der Waals surface area (Å²) in [6.07, 6.45) is 0. The second-order valence-electron chi connectivity index (χ2n) is 5.06. The predicted octanol–water partition coefficient (Wildman–Crippen LogP) is 1.58. The molecular weight excluding hydrogens is 260 g/mol. The Bertz CT molecular complexity index is 581. The minimum Gasteiger partial charge on any atom is -0.476 e. The minimum absolute atomic E-state index is 0.159. The third-order valence-electron chi connectivity index (χ3n) is 3.27. The molecule has 0 spiro atoms. The van der Waals surface area contributed by atoms with E-state index < -0.39 is 11.6 Å². The Kier molecular flexibility index (Phi) is 3.33. The summed E-state index contributed by atoms with van der Waals surface area (Å²) in [5, 5.41) is 0. The largest absolute Gasteiger partial charge is 0.476 e. The number of nitrogens with two attached hydrogens (primary N) is 1. The third kappa shape index (κ3) is 2.07. The average Bonchev–Trinajstić information content (AvgIpc) is 2.39. The normalized spacial score (nSPS) is 16.4. The number of benzene rings is 1. The van der Waals surface area contributed by atoms with Gasteiger partial charge in [0.05, 0.1) is 18.4 Å². The highest BCUT2D eigenvalue weighted by molar-refractivity contribution is 6.05. The second-order valence-corrected chi connectivity index (χ2v) is 5.06. The Morgan fingerprint density at radius 3 is 2.65 bits per heavy atom. The molecule has 0 radical (unpaired) electrons. The summed E-state index contributed by atoms with van der Waals surface area (Å²) in [6.45, 7) is 5.73. The number of hydrogen-bond donors (Lipinski definition) is 1. The van der Waals surface area contributed by atoms with Crippen molar-refractivity contribution in [2.45, 2.75) is 26.4 Å². The van der Waals surface area contributed by atoms with Crippen LogP contribution in [-0.4, -0.2) is 31.1 Å². The predicted molar refractivity (Wildman–Crippen MR) is 74.9 cm³/mol. The quantitative estimate of drug-likeness (QED) is 0.656. The third-order valence-corrected chi connectivity index (χ3v) is 3.27. The lowest BCUT2D eigenvalue weighted by Gasteiger charge is -2.38. The Morgan fingerprint density at radius 1 is 1.45 bits per heavy atom. The highest BCUT2D eigenvalue weighted by Gasteiger charge is 2.40. The first-order valence-corrected chi connectivity index (χ1v) is 6.34. The van der Waals surface area contributed by atoms with Gasteiger partial charge >= 0.3 is 5.97 Å². The van der Waals surface area contributed by atoms with E-state index in [1.165, 1.54) is 13.2 Å². The van der Waals surface area contributed by atoms with Crippen LogP contribution in [0.15, 0.2) is 12.1 Å². The number of carbonyl (C=O) groups is 2. The SMILES string of the molecule is CCN1C(=O)C(C)(C)Oc2cc(N)c(C(=O)OC)cc21. The molecule has 1 aromatic carbocycles. The number of methoxy groups -OCH3 is 1. The van der Waals surface area contributed by atoms with E-state index in [1.807, 2.05) is 6.92 Å². The zero-order chi connectivity index (χ0) is 15.1. The monoisotopic (exact) mass is 278 g/mol. The van der Waals surface area contributed by atoms with Gasteiger partial charge in [-0.2, -0.15) is 0 Å².